The van der Waals surface area contributed by atoms with Gasteiger partial charge in [-0.1, -0.05) is 31.5 Å². The number of amides is 1. The molecular weight excluding hydrogens is 295 g/mol. The Balaban J connectivity index is 2.07. The summed E-state index contributed by atoms with van der Waals surface area (Å²) in [6.45, 7) is 1.84. The minimum absolute atomic E-state index is 0.0313. The molecule has 1 aromatic rings. The molecule has 0 aliphatic heterocycles. The van der Waals surface area contributed by atoms with Crippen molar-refractivity contribution in [2.24, 2.45) is 5.41 Å². The summed E-state index contributed by atoms with van der Waals surface area (Å²) >= 11 is 0. The maximum Gasteiger partial charge on any atom is 0.416 e. The Labute approximate surface area is 127 Å². The van der Waals surface area contributed by atoms with Crippen molar-refractivity contribution in [3.8, 4) is 0 Å². The third-order valence-corrected chi connectivity index (χ3v) is 4.45. The summed E-state index contributed by atoms with van der Waals surface area (Å²) in [5.74, 6) is -0.441. The average molecular weight is 315 g/mol. The number of alkyl halides is 3. The molecule has 0 heterocycles. The van der Waals surface area contributed by atoms with Crippen LogP contribution < -0.4 is 5.32 Å². The zero-order chi connectivity index (χ0) is 16.4. The lowest BCUT2D eigenvalue weighted by molar-refractivity contribution is -0.138. The van der Waals surface area contributed by atoms with Crippen molar-refractivity contribution in [3.05, 3.63) is 35.4 Å². The highest BCUT2D eigenvalue weighted by Gasteiger charge is 2.39. The van der Waals surface area contributed by atoms with E-state index in [1.165, 1.54) is 18.2 Å². The first-order valence-electron chi connectivity index (χ1n) is 7.31. The smallest absolute Gasteiger partial charge is 0.396 e. The Morgan fingerprint density at radius 2 is 2.09 bits per heavy atom. The molecule has 0 aromatic heterocycles. The van der Waals surface area contributed by atoms with E-state index >= 15 is 0 Å². The topological polar surface area (TPSA) is 49.3 Å². The number of nitrogens with one attached hydrogen (secondary N) is 1. The molecule has 2 N–H and O–H groups in total. The predicted molar refractivity (Wildman–Crippen MR) is 76.1 cm³/mol. The first kappa shape index (κ1) is 16.8. The number of hydrogen-bond donors (Lipinski definition) is 2. The van der Waals surface area contributed by atoms with Gasteiger partial charge in [0.2, 0.25) is 5.91 Å². The molecule has 0 radical (unpaired) electrons. The molecule has 122 valence electrons. The van der Waals surface area contributed by atoms with E-state index in [1.54, 1.807) is 0 Å². The standard InChI is InChI=1S/C16H20F3NO2/c1-15(10-21)8-4-7-13(15)20-14(22)9-11-5-2-3-6-12(11)16(17,18)19/h2-3,5-6,13,21H,4,7-10H2,1H3,(H,20,22)/t13-,15+/m0/s1. The maximum absolute atomic E-state index is 12.9. The predicted octanol–water partition coefficient (Wildman–Crippen LogP) is 2.92. The van der Waals surface area contributed by atoms with Crippen LogP contribution in [0.3, 0.4) is 0 Å². The SMILES string of the molecule is C[C@]1(CO)CCC[C@@H]1NC(=O)Cc1ccccc1C(F)(F)F. The molecule has 2 rings (SSSR count). The van der Waals surface area contributed by atoms with Crippen LogP contribution in [-0.4, -0.2) is 23.7 Å². The molecule has 0 unspecified atom stereocenters. The Kier molecular flexibility index (Phi) is 4.80. The molecule has 0 spiro atoms. The molecule has 1 aliphatic rings. The van der Waals surface area contributed by atoms with E-state index in [-0.39, 0.29) is 30.0 Å². The van der Waals surface area contributed by atoms with Gasteiger partial charge in [-0.15, -0.1) is 0 Å². The van der Waals surface area contributed by atoms with Crippen molar-refractivity contribution < 1.29 is 23.1 Å². The van der Waals surface area contributed by atoms with Crippen molar-refractivity contribution in [1.82, 2.24) is 5.32 Å². The molecule has 3 nitrogen and oxygen atoms in total. The van der Waals surface area contributed by atoms with E-state index in [2.05, 4.69) is 5.32 Å². The van der Waals surface area contributed by atoms with Gasteiger partial charge in [-0.3, -0.25) is 4.79 Å². The number of carbonyl (C=O) groups is 1. The van der Waals surface area contributed by atoms with Gasteiger partial charge in [0.1, 0.15) is 0 Å². The second-order valence-corrected chi connectivity index (χ2v) is 6.16. The highest BCUT2D eigenvalue weighted by molar-refractivity contribution is 5.79. The number of aliphatic hydroxyl groups is 1. The minimum Gasteiger partial charge on any atom is -0.396 e. The van der Waals surface area contributed by atoms with Gasteiger partial charge in [-0.25, -0.2) is 0 Å². The fourth-order valence-electron chi connectivity index (χ4n) is 3.04. The third kappa shape index (κ3) is 3.61. The van der Waals surface area contributed by atoms with Gasteiger partial charge in [-0.05, 0) is 24.5 Å². The van der Waals surface area contributed by atoms with E-state index in [1.807, 2.05) is 6.92 Å². The average Bonchev–Trinajstić information content (AvgIpc) is 2.80. The number of hydrogen-bond acceptors (Lipinski definition) is 2. The van der Waals surface area contributed by atoms with Crippen LogP contribution in [-0.2, 0) is 17.4 Å². The Morgan fingerprint density at radius 1 is 1.41 bits per heavy atom. The van der Waals surface area contributed by atoms with E-state index in [0.717, 1.165) is 25.3 Å². The molecule has 0 saturated heterocycles. The first-order valence-corrected chi connectivity index (χ1v) is 7.31. The lowest BCUT2D eigenvalue weighted by Gasteiger charge is -2.30. The van der Waals surface area contributed by atoms with Crippen LogP contribution in [0.1, 0.15) is 37.3 Å². The van der Waals surface area contributed by atoms with E-state index < -0.39 is 17.6 Å². The zero-order valence-corrected chi connectivity index (χ0v) is 12.4. The van der Waals surface area contributed by atoms with Gasteiger partial charge < -0.3 is 10.4 Å². The molecule has 1 aromatic carbocycles. The van der Waals surface area contributed by atoms with Gasteiger partial charge in [0, 0.05) is 11.5 Å². The summed E-state index contributed by atoms with van der Waals surface area (Å²) in [7, 11) is 0. The van der Waals surface area contributed by atoms with E-state index in [9.17, 15) is 23.1 Å². The molecule has 1 fully saturated rings. The third-order valence-electron chi connectivity index (χ3n) is 4.45. The summed E-state index contributed by atoms with van der Waals surface area (Å²) in [5.41, 5.74) is -1.20. The molecule has 0 bridgehead atoms. The molecule has 1 saturated carbocycles. The van der Waals surface area contributed by atoms with Crippen LogP contribution in [0.4, 0.5) is 13.2 Å². The normalized spacial score (nSPS) is 25.2. The summed E-state index contributed by atoms with van der Waals surface area (Å²) in [5, 5.41) is 12.2. The van der Waals surface area contributed by atoms with E-state index in [4.69, 9.17) is 0 Å². The highest BCUT2D eigenvalue weighted by Crippen LogP contribution is 2.37. The van der Waals surface area contributed by atoms with Crippen LogP contribution in [0.2, 0.25) is 0 Å². The number of aliphatic hydroxyl groups excluding tert-OH is 1. The van der Waals surface area contributed by atoms with Crippen molar-refractivity contribution in [2.45, 2.75) is 44.8 Å². The van der Waals surface area contributed by atoms with Gasteiger partial charge in [-0.2, -0.15) is 13.2 Å². The lowest BCUT2D eigenvalue weighted by Crippen LogP contribution is -2.45. The second kappa shape index (κ2) is 6.28. The fraction of sp³-hybridized carbons (Fsp3) is 0.562. The van der Waals surface area contributed by atoms with Gasteiger partial charge in [0.15, 0.2) is 0 Å². The number of halogens is 3. The lowest BCUT2D eigenvalue weighted by atomic mass is 9.85. The monoisotopic (exact) mass is 315 g/mol. The summed E-state index contributed by atoms with van der Waals surface area (Å²) < 4.78 is 38.7. The van der Waals surface area contributed by atoms with Crippen LogP contribution >= 0.6 is 0 Å². The van der Waals surface area contributed by atoms with Crippen molar-refractivity contribution in [2.75, 3.05) is 6.61 Å². The summed E-state index contributed by atoms with van der Waals surface area (Å²) in [6, 6.07) is 4.91. The molecule has 1 amide bonds. The largest absolute Gasteiger partial charge is 0.416 e. The van der Waals surface area contributed by atoms with Gasteiger partial charge in [0.25, 0.3) is 0 Å². The molecule has 22 heavy (non-hydrogen) atoms. The molecule has 1 aliphatic carbocycles. The molecular formula is C16H20F3NO2. The minimum atomic E-state index is -4.47. The van der Waals surface area contributed by atoms with E-state index in [0.29, 0.717) is 0 Å². The van der Waals surface area contributed by atoms with Gasteiger partial charge in [0.05, 0.1) is 18.6 Å². The Hall–Kier alpha value is -1.56. The summed E-state index contributed by atoms with van der Waals surface area (Å²) in [4.78, 5) is 12.1. The first-order chi connectivity index (χ1) is 10.3. The highest BCUT2D eigenvalue weighted by atomic mass is 19.4. The van der Waals surface area contributed by atoms with Crippen LogP contribution in [0.25, 0.3) is 0 Å². The van der Waals surface area contributed by atoms with Crippen molar-refractivity contribution in [3.63, 3.8) is 0 Å². The summed E-state index contributed by atoms with van der Waals surface area (Å²) in [6.07, 6.45) is -2.35. The van der Waals surface area contributed by atoms with Crippen molar-refractivity contribution in [1.29, 1.82) is 0 Å². The van der Waals surface area contributed by atoms with Gasteiger partial charge >= 0.3 is 6.18 Å². The van der Waals surface area contributed by atoms with Crippen LogP contribution in [0, 0.1) is 5.41 Å². The molecule has 6 heteroatoms. The van der Waals surface area contributed by atoms with Crippen LogP contribution in [0.15, 0.2) is 24.3 Å². The number of rotatable bonds is 4. The van der Waals surface area contributed by atoms with Crippen molar-refractivity contribution >= 4 is 5.91 Å². The number of carbonyl (C=O) groups excluding carboxylic acids is 1. The van der Waals surface area contributed by atoms with Crippen LogP contribution in [0.5, 0.6) is 0 Å². The maximum atomic E-state index is 12.9. The fourth-order valence-corrected chi connectivity index (χ4v) is 3.04. The zero-order valence-electron chi connectivity index (χ0n) is 12.4. The number of benzene rings is 1. The Bertz CT molecular complexity index is 544. The second-order valence-electron chi connectivity index (χ2n) is 6.16. The quantitative estimate of drug-likeness (QED) is 0.897. The Morgan fingerprint density at radius 3 is 2.73 bits per heavy atom. The molecule has 2 atom stereocenters.